The Hall–Kier alpha value is -1.72. The Morgan fingerprint density at radius 1 is 0.611 bits per heavy atom. The van der Waals surface area contributed by atoms with Gasteiger partial charge >= 0.3 is 10.4 Å². The van der Waals surface area contributed by atoms with Gasteiger partial charge in [-0.15, -0.1) is 0 Å². The lowest BCUT2D eigenvalue weighted by Crippen LogP contribution is -2.42. The Morgan fingerprint density at radius 3 is 1.24 bits per heavy atom. The van der Waals surface area contributed by atoms with Crippen LogP contribution in [0.3, 0.4) is 0 Å². The second kappa shape index (κ2) is 36.9. The summed E-state index contributed by atoms with van der Waals surface area (Å²) in [6.45, 7) is 7.89. The van der Waals surface area contributed by atoms with E-state index in [-0.39, 0.29) is 23.9 Å². The van der Waals surface area contributed by atoms with E-state index in [1.165, 1.54) is 167 Å². The number of aliphatic imine (C=N–C) groups is 1. The zero-order chi connectivity index (χ0) is 40.1. The number of likely N-dealkylation sites (N-methyl/N-ethyl adjacent to an activating group) is 1. The lowest BCUT2D eigenvalue weighted by Gasteiger charge is -2.20. The zero-order valence-corrected chi connectivity index (χ0v) is 36.3. The molecule has 10 nitrogen and oxygen atoms in total. The van der Waals surface area contributed by atoms with Gasteiger partial charge in [0.05, 0.1) is 18.6 Å². The van der Waals surface area contributed by atoms with Crippen molar-refractivity contribution in [2.75, 3.05) is 20.1 Å². The lowest BCUT2D eigenvalue weighted by molar-refractivity contribution is -0.122. The first-order chi connectivity index (χ1) is 26.0. The molecule has 0 aromatic carbocycles. The van der Waals surface area contributed by atoms with Crippen molar-refractivity contribution < 1.29 is 27.1 Å². The number of amidine groups is 1. The van der Waals surface area contributed by atoms with Gasteiger partial charge in [0, 0.05) is 26.4 Å². The largest absolute Gasteiger partial charge is 0.394 e. The SMILES string of the molecule is CCCCCCCCCCCCCCCCCC(=O)NCC1=NC(C(C)NC(=O)CCCCCCCCCCCCCCCCC)CN1C.O=S(=O)(O)O. The Kier molecular flexibility index (Phi) is 35.7. The van der Waals surface area contributed by atoms with Crippen LogP contribution in [0.4, 0.5) is 0 Å². The molecule has 2 atom stereocenters. The molecule has 320 valence electrons. The third-order valence-electron chi connectivity index (χ3n) is 10.6. The van der Waals surface area contributed by atoms with Crippen molar-refractivity contribution in [1.29, 1.82) is 0 Å². The second-order valence-electron chi connectivity index (χ2n) is 16.0. The first kappa shape index (κ1) is 52.3. The van der Waals surface area contributed by atoms with Crippen LogP contribution in [0.25, 0.3) is 0 Å². The maximum absolute atomic E-state index is 12.6. The molecule has 11 heteroatoms. The number of nitrogens with zero attached hydrogens (tertiary/aromatic N) is 2. The van der Waals surface area contributed by atoms with Crippen molar-refractivity contribution in [3.63, 3.8) is 0 Å². The summed E-state index contributed by atoms with van der Waals surface area (Å²) >= 11 is 0. The second-order valence-corrected chi connectivity index (χ2v) is 16.9. The van der Waals surface area contributed by atoms with Crippen molar-refractivity contribution in [2.45, 2.75) is 238 Å². The highest BCUT2D eigenvalue weighted by atomic mass is 32.3. The molecule has 1 heterocycles. The monoisotopic (exact) mass is 787 g/mol. The van der Waals surface area contributed by atoms with E-state index < -0.39 is 10.4 Å². The van der Waals surface area contributed by atoms with Gasteiger partial charge in [-0.25, -0.2) is 0 Å². The minimum Gasteiger partial charge on any atom is -0.360 e. The number of rotatable bonds is 36. The van der Waals surface area contributed by atoms with Crippen LogP contribution >= 0.6 is 0 Å². The van der Waals surface area contributed by atoms with E-state index in [9.17, 15) is 9.59 Å². The highest BCUT2D eigenvalue weighted by Crippen LogP contribution is 2.16. The highest BCUT2D eigenvalue weighted by Gasteiger charge is 2.27. The molecule has 0 spiro atoms. The Morgan fingerprint density at radius 2 is 0.907 bits per heavy atom. The van der Waals surface area contributed by atoms with Gasteiger partial charge in [0.2, 0.25) is 11.8 Å². The number of hydrogen-bond donors (Lipinski definition) is 4. The van der Waals surface area contributed by atoms with Gasteiger partial charge in [0.25, 0.3) is 0 Å². The summed E-state index contributed by atoms with van der Waals surface area (Å²) in [6.07, 6.45) is 41.3. The van der Waals surface area contributed by atoms with Crippen LogP contribution in [0.15, 0.2) is 4.99 Å². The molecule has 0 radical (unpaired) electrons. The molecule has 0 aliphatic carbocycles. The summed E-state index contributed by atoms with van der Waals surface area (Å²) in [7, 11) is -2.64. The Balaban J connectivity index is 0.00000524. The highest BCUT2D eigenvalue weighted by molar-refractivity contribution is 7.79. The lowest BCUT2D eigenvalue weighted by atomic mass is 10.0. The number of amides is 2. The molecule has 4 N–H and O–H groups in total. The number of unbranched alkanes of at least 4 members (excludes halogenated alkanes) is 28. The third kappa shape index (κ3) is 37.2. The fraction of sp³-hybridized carbons (Fsp3) is 0.930. The molecular weight excluding hydrogens is 701 g/mol. The fourth-order valence-corrected chi connectivity index (χ4v) is 7.17. The predicted molar refractivity (Wildman–Crippen MR) is 228 cm³/mol. The molecular formula is C43H86N4O6S. The van der Waals surface area contributed by atoms with E-state index in [0.717, 1.165) is 38.1 Å². The maximum atomic E-state index is 12.6. The zero-order valence-electron chi connectivity index (χ0n) is 35.5. The molecule has 2 unspecified atom stereocenters. The topological polar surface area (TPSA) is 148 Å². The number of carbonyl (C=O) groups excluding carboxylic acids is 2. The molecule has 0 aromatic heterocycles. The van der Waals surface area contributed by atoms with E-state index in [1.807, 2.05) is 7.05 Å². The third-order valence-corrected chi connectivity index (χ3v) is 10.6. The van der Waals surface area contributed by atoms with E-state index in [4.69, 9.17) is 22.5 Å². The van der Waals surface area contributed by atoms with Gasteiger partial charge in [-0.3, -0.25) is 23.7 Å². The molecule has 1 aliphatic heterocycles. The fourth-order valence-electron chi connectivity index (χ4n) is 7.17. The minimum atomic E-state index is -4.67. The van der Waals surface area contributed by atoms with E-state index in [0.29, 0.717) is 19.4 Å². The molecule has 0 aromatic rings. The molecule has 0 bridgehead atoms. The van der Waals surface area contributed by atoms with E-state index in [2.05, 4.69) is 36.3 Å². The number of hydrogen-bond acceptors (Lipinski definition) is 6. The standard InChI is InChI=1S/C43H84N4O2.H2O4S/c1-5-7-9-11-13-15-17-19-21-23-25-27-29-31-33-35-42(48)44-37-41-46-40(38-47(41)4)39(3)45-43(49)36-34-32-30-28-26-24-22-20-18-16-14-12-10-8-6-2;1-5(2,3)4/h39-40H,5-38H2,1-4H3,(H,44,48)(H,45,49);(H2,1,2,3,4). The van der Waals surface area contributed by atoms with Crippen molar-refractivity contribution in [3.05, 3.63) is 0 Å². The quantitative estimate of drug-likeness (QED) is 0.0365. The molecule has 0 saturated heterocycles. The summed E-state index contributed by atoms with van der Waals surface area (Å²) in [4.78, 5) is 32.0. The van der Waals surface area contributed by atoms with Crippen LogP contribution in [0, 0.1) is 0 Å². The average molecular weight is 787 g/mol. The van der Waals surface area contributed by atoms with Crippen molar-refractivity contribution >= 4 is 28.0 Å². The van der Waals surface area contributed by atoms with Gasteiger partial charge in [0.15, 0.2) is 0 Å². The summed E-state index contributed by atoms with van der Waals surface area (Å²) < 4.78 is 31.6. The van der Waals surface area contributed by atoms with Crippen LogP contribution in [0.1, 0.15) is 226 Å². The number of carbonyl (C=O) groups is 2. The van der Waals surface area contributed by atoms with Crippen molar-refractivity contribution in [3.8, 4) is 0 Å². The first-order valence-electron chi connectivity index (χ1n) is 22.5. The van der Waals surface area contributed by atoms with Crippen molar-refractivity contribution in [2.24, 2.45) is 4.99 Å². The molecule has 0 saturated carbocycles. The summed E-state index contributed by atoms with van der Waals surface area (Å²) in [5.74, 6) is 1.18. The summed E-state index contributed by atoms with van der Waals surface area (Å²) in [5, 5.41) is 6.27. The normalized spacial score (nSPS) is 14.7. The van der Waals surface area contributed by atoms with Gasteiger partial charge in [-0.05, 0) is 19.8 Å². The molecule has 0 fully saturated rings. The summed E-state index contributed by atoms with van der Waals surface area (Å²) in [6, 6.07) is 0.0391. The van der Waals surface area contributed by atoms with Crippen LogP contribution in [-0.4, -0.2) is 72.3 Å². The molecule has 54 heavy (non-hydrogen) atoms. The summed E-state index contributed by atoms with van der Waals surface area (Å²) in [5.41, 5.74) is 0. The maximum Gasteiger partial charge on any atom is 0.394 e. The van der Waals surface area contributed by atoms with Crippen LogP contribution < -0.4 is 10.6 Å². The van der Waals surface area contributed by atoms with Gasteiger partial charge in [0.1, 0.15) is 5.84 Å². The smallest absolute Gasteiger partial charge is 0.360 e. The van der Waals surface area contributed by atoms with E-state index in [1.54, 1.807) is 0 Å². The van der Waals surface area contributed by atoms with Gasteiger partial charge in [-0.2, -0.15) is 8.42 Å². The van der Waals surface area contributed by atoms with Gasteiger partial charge < -0.3 is 15.5 Å². The Bertz CT molecular complexity index is 1020. The average Bonchev–Trinajstić information content (AvgIpc) is 3.50. The molecule has 1 rings (SSSR count). The van der Waals surface area contributed by atoms with Crippen molar-refractivity contribution in [1.82, 2.24) is 15.5 Å². The van der Waals surface area contributed by atoms with Crippen LogP contribution in [0.2, 0.25) is 0 Å². The molecule has 2 amide bonds. The van der Waals surface area contributed by atoms with Crippen LogP contribution in [-0.2, 0) is 20.0 Å². The number of nitrogens with one attached hydrogen (secondary N) is 2. The van der Waals surface area contributed by atoms with Gasteiger partial charge in [-0.1, -0.05) is 194 Å². The van der Waals surface area contributed by atoms with Crippen LogP contribution in [0.5, 0.6) is 0 Å². The first-order valence-corrected chi connectivity index (χ1v) is 23.9. The predicted octanol–water partition coefficient (Wildman–Crippen LogP) is 11.2. The minimum absolute atomic E-state index is 0.000174. The van der Waals surface area contributed by atoms with E-state index >= 15 is 0 Å². The Labute approximate surface area is 333 Å². The molecule has 1 aliphatic rings.